The van der Waals surface area contributed by atoms with Crippen molar-refractivity contribution in [3.8, 4) is 0 Å². The van der Waals surface area contributed by atoms with E-state index in [4.69, 9.17) is 11.6 Å². The molecule has 1 aromatic carbocycles. The van der Waals surface area contributed by atoms with Crippen LogP contribution in [0.25, 0.3) is 0 Å². The number of carbonyl (C=O) groups excluding carboxylic acids is 2. The Balaban J connectivity index is 1.92. The summed E-state index contributed by atoms with van der Waals surface area (Å²) in [6.07, 6.45) is 0.982. The van der Waals surface area contributed by atoms with E-state index in [1.54, 1.807) is 0 Å². The number of benzene rings is 1. The molecule has 1 aromatic rings. The molecule has 0 spiro atoms. The fraction of sp³-hybridized carbons (Fsp3) is 0.385. The van der Waals surface area contributed by atoms with Crippen LogP contribution in [-0.4, -0.2) is 29.8 Å². The molecule has 0 aliphatic carbocycles. The van der Waals surface area contributed by atoms with E-state index in [2.05, 4.69) is 5.32 Å². The highest BCUT2D eigenvalue weighted by Crippen LogP contribution is 2.13. The Labute approximate surface area is 111 Å². The highest BCUT2D eigenvalue weighted by atomic mass is 35.5. The number of piperidine rings is 1. The van der Waals surface area contributed by atoms with Gasteiger partial charge in [-0.1, -0.05) is 23.7 Å². The van der Waals surface area contributed by atoms with Crippen LogP contribution in [0.3, 0.4) is 0 Å². The number of hydrogen-bond donors (Lipinski definition) is 1. The minimum Gasteiger partial charge on any atom is -0.302 e. The highest BCUT2D eigenvalue weighted by Gasteiger charge is 2.31. The molecular weight excluding hydrogens is 252 g/mol. The first-order chi connectivity index (χ1) is 8.58. The minimum atomic E-state index is -0.275. The number of rotatable bonds is 3. The van der Waals surface area contributed by atoms with Crippen molar-refractivity contribution >= 4 is 23.4 Å². The SMILES string of the molecule is CN1C(=O)CCC(NCc2ccc(Cl)cc2)C1=O. The Morgan fingerprint density at radius 3 is 2.67 bits per heavy atom. The number of nitrogens with zero attached hydrogens (tertiary/aromatic N) is 1. The quantitative estimate of drug-likeness (QED) is 0.845. The molecule has 0 saturated carbocycles. The molecule has 1 unspecified atom stereocenters. The molecule has 1 atom stereocenters. The number of likely N-dealkylation sites (N-methyl/N-ethyl adjacent to an activating group) is 1. The number of imide groups is 1. The van der Waals surface area contributed by atoms with Crippen LogP contribution in [0, 0.1) is 0 Å². The monoisotopic (exact) mass is 266 g/mol. The molecule has 1 aliphatic rings. The molecular formula is C13H15ClN2O2. The van der Waals surface area contributed by atoms with Gasteiger partial charge in [-0.3, -0.25) is 14.5 Å². The summed E-state index contributed by atoms with van der Waals surface area (Å²) in [7, 11) is 1.53. The lowest BCUT2D eigenvalue weighted by molar-refractivity contribution is -0.148. The van der Waals surface area contributed by atoms with Crippen molar-refractivity contribution in [1.82, 2.24) is 10.2 Å². The smallest absolute Gasteiger partial charge is 0.246 e. The maximum absolute atomic E-state index is 11.8. The summed E-state index contributed by atoms with van der Waals surface area (Å²) in [5.41, 5.74) is 1.06. The van der Waals surface area contributed by atoms with Crippen molar-refractivity contribution in [3.05, 3.63) is 34.9 Å². The lowest BCUT2D eigenvalue weighted by Gasteiger charge is -2.28. The number of nitrogens with one attached hydrogen (secondary N) is 1. The average molecular weight is 267 g/mol. The first kappa shape index (κ1) is 13.1. The van der Waals surface area contributed by atoms with E-state index in [1.165, 1.54) is 11.9 Å². The zero-order valence-corrected chi connectivity index (χ0v) is 10.9. The maximum atomic E-state index is 11.8. The molecule has 1 fully saturated rings. The third-order valence-electron chi connectivity index (χ3n) is 3.12. The summed E-state index contributed by atoms with van der Waals surface area (Å²) in [5, 5.41) is 3.86. The summed E-state index contributed by atoms with van der Waals surface area (Å²) < 4.78 is 0. The van der Waals surface area contributed by atoms with Gasteiger partial charge >= 0.3 is 0 Å². The fourth-order valence-electron chi connectivity index (χ4n) is 1.95. The van der Waals surface area contributed by atoms with Crippen molar-refractivity contribution in [3.63, 3.8) is 0 Å². The van der Waals surface area contributed by atoms with Crippen molar-refractivity contribution in [2.24, 2.45) is 0 Å². The van der Waals surface area contributed by atoms with Gasteiger partial charge in [0.1, 0.15) is 0 Å². The predicted molar refractivity (Wildman–Crippen MR) is 69.1 cm³/mol. The van der Waals surface area contributed by atoms with Gasteiger partial charge in [0.2, 0.25) is 11.8 Å². The molecule has 2 rings (SSSR count). The Kier molecular flexibility index (Phi) is 3.99. The number of likely N-dealkylation sites (tertiary alicyclic amines) is 1. The normalized spacial score (nSPS) is 20.3. The number of halogens is 1. The zero-order valence-electron chi connectivity index (χ0n) is 10.1. The van der Waals surface area contributed by atoms with Crippen molar-refractivity contribution in [2.45, 2.75) is 25.4 Å². The Bertz CT molecular complexity index is 459. The van der Waals surface area contributed by atoms with Crippen LogP contribution in [0.2, 0.25) is 5.02 Å². The third-order valence-corrected chi connectivity index (χ3v) is 3.37. The molecule has 18 heavy (non-hydrogen) atoms. The van der Waals surface area contributed by atoms with Gasteiger partial charge in [0.25, 0.3) is 0 Å². The van der Waals surface area contributed by atoms with Crippen LogP contribution in [0.5, 0.6) is 0 Å². The molecule has 1 heterocycles. The summed E-state index contributed by atoms with van der Waals surface area (Å²) in [6, 6.07) is 7.19. The van der Waals surface area contributed by atoms with Gasteiger partial charge in [-0.05, 0) is 24.1 Å². The number of hydrogen-bond acceptors (Lipinski definition) is 3. The minimum absolute atomic E-state index is 0.107. The lowest BCUT2D eigenvalue weighted by Crippen LogP contribution is -2.51. The fourth-order valence-corrected chi connectivity index (χ4v) is 2.07. The van der Waals surface area contributed by atoms with E-state index in [1.807, 2.05) is 24.3 Å². The first-order valence-electron chi connectivity index (χ1n) is 5.86. The molecule has 1 aliphatic heterocycles. The molecule has 1 N–H and O–H groups in total. The van der Waals surface area contributed by atoms with Crippen LogP contribution in [-0.2, 0) is 16.1 Å². The summed E-state index contributed by atoms with van der Waals surface area (Å²) in [4.78, 5) is 24.4. The van der Waals surface area contributed by atoms with E-state index in [-0.39, 0.29) is 17.9 Å². The van der Waals surface area contributed by atoms with E-state index >= 15 is 0 Å². The number of amides is 2. The molecule has 4 nitrogen and oxygen atoms in total. The molecule has 1 saturated heterocycles. The first-order valence-corrected chi connectivity index (χ1v) is 6.24. The largest absolute Gasteiger partial charge is 0.302 e. The molecule has 0 bridgehead atoms. The van der Waals surface area contributed by atoms with E-state index < -0.39 is 0 Å². The Morgan fingerprint density at radius 1 is 1.33 bits per heavy atom. The third kappa shape index (κ3) is 2.89. The topological polar surface area (TPSA) is 49.4 Å². The second-order valence-corrected chi connectivity index (χ2v) is 4.83. The van der Waals surface area contributed by atoms with Crippen LogP contribution >= 0.6 is 11.6 Å². The molecule has 0 radical (unpaired) electrons. The van der Waals surface area contributed by atoms with Gasteiger partial charge in [0.05, 0.1) is 6.04 Å². The van der Waals surface area contributed by atoms with Crippen LogP contribution in [0.1, 0.15) is 18.4 Å². The van der Waals surface area contributed by atoms with Crippen molar-refractivity contribution < 1.29 is 9.59 Å². The molecule has 96 valence electrons. The summed E-state index contributed by atoms with van der Waals surface area (Å²) in [5.74, 6) is -0.259. The van der Waals surface area contributed by atoms with Crippen LogP contribution < -0.4 is 5.32 Å². The van der Waals surface area contributed by atoms with Crippen LogP contribution in [0.15, 0.2) is 24.3 Å². The zero-order chi connectivity index (χ0) is 13.1. The summed E-state index contributed by atoms with van der Waals surface area (Å²) in [6.45, 7) is 0.593. The second kappa shape index (κ2) is 5.50. The maximum Gasteiger partial charge on any atom is 0.246 e. The average Bonchev–Trinajstić information content (AvgIpc) is 2.37. The molecule has 5 heteroatoms. The van der Waals surface area contributed by atoms with E-state index in [0.29, 0.717) is 24.4 Å². The molecule has 0 aromatic heterocycles. The van der Waals surface area contributed by atoms with Gasteiger partial charge in [0, 0.05) is 25.0 Å². The highest BCUT2D eigenvalue weighted by molar-refractivity contribution is 6.30. The van der Waals surface area contributed by atoms with Crippen LogP contribution in [0.4, 0.5) is 0 Å². The Hall–Kier alpha value is -1.39. The van der Waals surface area contributed by atoms with Crippen molar-refractivity contribution in [2.75, 3.05) is 7.05 Å². The lowest BCUT2D eigenvalue weighted by atomic mass is 10.0. The van der Waals surface area contributed by atoms with Gasteiger partial charge < -0.3 is 5.32 Å². The standard InChI is InChI=1S/C13H15ClN2O2/c1-16-12(17)7-6-11(13(16)18)15-8-9-2-4-10(14)5-3-9/h2-5,11,15H,6-8H2,1H3. The predicted octanol–water partition coefficient (Wildman–Crippen LogP) is 1.58. The van der Waals surface area contributed by atoms with Crippen molar-refractivity contribution in [1.29, 1.82) is 0 Å². The van der Waals surface area contributed by atoms with Gasteiger partial charge in [-0.25, -0.2) is 0 Å². The van der Waals surface area contributed by atoms with Gasteiger partial charge in [-0.2, -0.15) is 0 Å². The molecule has 2 amide bonds. The van der Waals surface area contributed by atoms with E-state index in [9.17, 15) is 9.59 Å². The summed E-state index contributed by atoms with van der Waals surface area (Å²) >= 11 is 5.80. The second-order valence-electron chi connectivity index (χ2n) is 4.39. The number of carbonyl (C=O) groups is 2. The van der Waals surface area contributed by atoms with Gasteiger partial charge in [0.15, 0.2) is 0 Å². The van der Waals surface area contributed by atoms with E-state index in [0.717, 1.165) is 5.56 Å². The van der Waals surface area contributed by atoms with Gasteiger partial charge in [-0.15, -0.1) is 0 Å². The Morgan fingerprint density at radius 2 is 2.00 bits per heavy atom.